The number of hydrogen-bond acceptors (Lipinski definition) is 9. The molecule has 0 aromatic heterocycles. The van der Waals surface area contributed by atoms with E-state index in [9.17, 15) is 0 Å². The molecule has 0 aliphatic rings. The van der Waals surface area contributed by atoms with Crippen LogP contribution in [0.4, 0.5) is 0 Å². The maximum absolute atomic E-state index is 8.52. The Kier molecular flexibility index (Phi) is 157. The van der Waals surface area contributed by atoms with E-state index in [1.54, 1.807) is 0 Å². The zero-order valence-electron chi connectivity index (χ0n) is 10.2. The molecule has 18 heavy (non-hydrogen) atoms. The van der Waals surface area contributed by atoms with E-state index in [0.717, 1.165) is 0 Å². The van der Waals surface area contributed by atoms with Gasteiger partial charge in [-0.05, 0) is 0 Å². The van der Waals surface area contributed by atoms with Crippen molar-refractivity contribution in [3.8, 4) is 0 Å². The summed E-state index contributed by atoms with van der Waals surface area (Å²) in [5.41, 5.74) is 0. The maximum Gasteiger partial charge on any atom is 0.0172 e. The Morgan fingerprint density at radius 3 is 0.444 bits per heavy atom. The van der Waals surface area contributed by atoms with Gasteiger partial charge in [0.2, 0.25) is 0 Å². The summed E-state index contributed by atoms with van der Waals surface area (Å²) in [4.78, 5) is 51.1. The first-order valence-electron chi connectivity index (χ1n) is 1.84. The molecule has 9 nitrogen and oxygen atoms in total. The molecule has 0 aromatic carbocycles. The van der Waals surface area contributed by atoms with Crippen LogP contribution in [0.3, 0.4) is 0 Å². The molecule has 0 N–H and O–H groups in total. The Labute approximate surface area is 235 Å². The molecule has 0 atom stereocenters. The molecule has 0 aliphatic heterocycles. The van der Waals surface area contributed by atoms with Gasteiger partial charge in [0.1, 0.15) is 0 Å². The zero-order valence-corrected chi connectivity index (χ0v) is 26.1. The quantitative estimate of drug-likeness (QED) is 0.289. The SMILES string of the molecule is O=[Si]([O-])[O-].O=[Si]([O-])[O-].O=[Si]([O-])[O-].[Na].[Na].[Na].[Na].[Zr].[Zr]. The zero-order chi connectivity index (χ0) is 10.7. The van der Waals surface area contributed by atoms with Crippen molar-refractivity contribution in [1.29, 1.82) is 0 Å². The molecule has 0 fully saturated rings. The fraction of sp³-hybridized carbons (Fsp3) is 0. The average molecular weight is 503 g/mol. The van der Waals surface area contributed by atoms with Gasteiger partial charge in [-0.3, -0.25) is 0 Å². The summed E-state index contributed by atoms with van der Waals surface area (Å²) in [5.74, 6) is 0. The van der Waals surface area contributed by atoms with Crippen molar-refractivity contribution in [2.24, 2.45) is 0 Å². The molecule has 0 aromatic rings. The van der Waals surface area contributed by atoms with E-state index in [4.69, 9.17) is 42.2 Å². The molecule has 4 radical (unpaired) electrons. The van der Waals surface area contributed by atoms with Crippen molar-refractivity contribution in [3.05, 3.63) is 0 Å². The van der Waals surface area contributed by atoms with Crippen molar-refractivity contribution in [2.45, 2.75) is 0 Å². The molecule has 0 amide bonds. The number of rotatable bonds is 0. The van der Waals surface area contributed by atoms with Crippen molar-refractivity contribution in [2.75, 3.05) is 0 Å². The molecule has 0 saturated heterocycles. The van der Waals surface area contributed by atoms with Crippen LogP contribution in [0, 0.1) is 0 Å². The van der Waals surface area contributed by atoms with E-state index in [0.29, 0.717) is 0 Å². The van der Waals surface area contributed by atoms with Crippen molar-refractivity contribution < 1.29 is 94.6 Å². The minimum absolute atomic E-state index is 0. The van der Waals surface area contributed by atoms with Gasteiger partial charge in [0.25, 0.3) is 0 Å². The summed E-state index contributed by atoms with van der Waals surface area (Å²) in [6.07, 6.45) is 0. The van der Waals surface area contributed by atoms with E-state index in [1.807, 2.05) is 0 Å². The van der Waals surface area contributed by atoms with Crippen molar-refractivity contribution in [1.82, 2.24) is 0 Å². The summed E-state index contributed by atoms with van der Waals surface area (Å²) in [7, 11) is -10.9. The Morgan fingerprint density at radius 1 is 0.444 bits per heavy atom. The van der Waals surface area contributed by atoms with Gasteiger partial charge in [-0.25, -0.2) is 0 Å². The summed E-state index contributed by atoms with van der Waals surface area (Å²) < 4.78 is 25.6. The third-order valence-corrected chi connectivity index (χ3v) is 0. The van der Waals surface area contributed by atoms with Crippen LogP contribution in [-0.4, -0.2) is 146 Å². The minimum Gasteiger partial charge on any atom is -0.672 e. The molecular weight excluding hydrogens is 503 g/mol. The second-order valence-electron chi connectivity index (χ2n) is 0.750. The second kappa shape index (κ2) is 49.6. The summed E-state index contributed by atoms with van der Waals surface area (Å²) >= 11 is 0. The summed E-state index contributed by atoms with van der Waals surface area (Å²) in [6.45, 7) is 0. The Morgan fingerprint density at radius 2 is 0.444 bits per heavy atom. The van der Waals surface area contributed by atoms with Crippen LogP contribution in [0.2, 0.25) is 0 Å². The third-order valence-electron chi connectivity index (χ3n) is 0. The minimum atomic E-state index is -3.63. The van der Waals surface area contributed by atoms with Crippen LogP contribution in [0.15, 0.2) is 0 Å². The number of hydrogen-bond donors (Lipinski definition) is 0. The molecule has 18 heteroatoms. The molecule has 0 rings (SSSR count). The normalized spacial score (nSPS) is 4.00. The third kappa shape index (κ3) is 372. The van der Waals surface area contributed by atoms with E-state index >= 15 is 0 Å². The maximum atomic E-state index is 8.52. The Hall–Kier alpha value is 4.62. The standard InChI is InChI=1S/4Na.3O3Si.2Zr/c;;;;3*1-4(2)3;;/q;;;;3*-2;;. The van der Waals surface area contributed by atoms with Gasteiger partial charge < -0.3 is 42.2 Å². The van der Waals surface area contributed by atoms with Gasteiger partial charge in [-0.15, -0.1) is 0 Å². The molecule has 0 bridgehead atoms. The molecule has 0 spiro atoms. The van der Waals surface area contributed by atoms with Gasteiger partial charge in [0, 0.05) is 198 Å². The van der Waals surface area contributed by atoms with Crippen LogP contribution >= 0.6 is 0 Å². The van der Waals surface area contributed by atoms with Gasteiger partial charge in [0.05, 0.1) is 0 Å². The fourth-order valence-corrected chi connectivity index (χ4v) is 0. The molecule has 84 valence electrons. The Bertz CT molecular complexity index is 129. The van der Waals surface area contributed by atoms with Crippen molar-refractivity contribution >= 4 is 146 Å². The van der Waals surface area contributed by atoms with Crippen LogP contribution < -0.4 is 28.8 Å². The second-order valence-corrected chi connectivity index (χ2v) is 2.25. The van der Waals surface area contributed by atoms with Gasteiger partial charge in [0.15, 0.2) is 0 Å². The van der Waals surface area contributed by atoms with Gasteiger partial charge in [-0.1, -0.05) is 0 Å². The molecule has 0 unspecified atom stereocenters. The van der Waals surface area contributed by atoms with Gasteiger partial charge in [-0.2, -0.15) is 0 Å². The largest absolute Gasteiger partial charge is 0.672 e. The summed E-state index contributed by atoms with van der Waals surface area (Å²) in [6, 6.07) is 0. The molecule has 0 heterocycles. The first-order valence-corrected chi connectivity index (χ1v) is 5.51. The van der Waals surface area contributed by atoms with Crippen LogP contribution in [0.1, 0.15) is 0 Å². The van der Waals surface area contributed by atoms with Crippen LogP contribution in [0.25, 0.3) is 0 Å². The monoisotopic (exact) mass is 500 g/mol. The molecule has 0 aliphatic carbocycles. The van der Waals surface area contributed by atoms with Gasteiger partial charge >= 0.3 is 0 Å². The topological polar surface area (TPSA) is 190 Å². The average Bonchev–Trinajstić information content (AvgIpc) is 1.54. The predicted octanol–water partition coefficient (Wildman–Crippen LogP) is -10.2. The van der Waals surface area contributed by atoms with E-state index < -0.39 is 27.5 Å². The van der Waals surface area contributed by atoms with Crippen LogP contribution in [-0.2, 0) is 65.8 Å². The first-order chi connectivity index (χ1) is 5.20. The Balaban J connectivity index is -0.00000000827. The van der Waals surface area contributed by atoms with Crippen molar-refractivity contribution in [3.63, 3.8) is 0 Å². The van der Waals surface area contributed by atoms with E-state index in [-0.39, 0.29) is 171 Å². The first kappa shape index (κ1) is 57.0. The summed E-state index contributed by atoms with van der Waals surface area (Å²) in [5, 5.41) is 0. The van der Waals surface area contributed by atoms with E-state index in [2.05, 4.69) is 0 Å². The fourth-order valence-electron chi connectivity index (χ4n) is 0. The molecular formula is Na4O9Si3Zr2-6. The predicted molar refractivity (Wildman–Crippen MR) is 42.3 cm³/mol. The molecule has 0 saturated carbocycles. The van der Waals surface area contributed by atoms with Crippen LogP contribution in [0.5, 0.6) is 0 Å². The van der Waals surface area contributed by atoms with E-state index in [1.165, 1.54) is 0 Å². The smallest absolute Gasteiger partial charge is 0.0172 e.